The van der Waals surface area contributed by atoms with Crippen LogP contribution in [0.5, 0.6) is 0 Å². The Bertz CT molecular complexity index is 662. The minimum Gasteiger partial charge on any atom is -0.378 e. The average molecular weight is 256 g/mol. The SMILES string of the molecule is N#Cc1ccc(Nc2ncnc(N)c2[N+](=O)[O-])cc1. The monoisotopic (exact) mass is 256 g/mol. The van der Waals surface area contributed by atoms with Crippen LogP contribution in [0.15, 0.2) is 30.6 Å². The third kappa shape index (κ3) is 2.55. The van der Waals surface area contributed by atoms with E-state index in [2.05, 4.69) is 15.3 Å². The molecule has 0 aliphatic rings. The molecule has 0 atom stereocenters. The Labute approximate surface area is 107 Å². The molecule has 0 unspecified atom stereocenters. The van der Waals surface area contributed by atoms with Crippen molar-refractivity contribution in [3.05, 3.63) is 46.3 Å². The molecule has 0 fully saturated rings. The molecular weight excluding hydrogens is 248 g/mol. The summed E-state index contributed by atoms with van der Waals surface area (Å²) in [6, 6.07) is 8.36. The fourth-order valence-corrected chi connectivity index (χ4v) is 1.43. The number of nitrogens with one attached hydrogen (secondary N) is 1. The van der Waals surface area contributed by atoms with E-state index in [1.54, 1.807) is 24.3 Å². The highest BCUT2D eigenvalue weighted by Crippen LogP contribution is 2.28. The highest BCUT2D eigenvalue weighted by atomic mass is 16.6. The number of hydrogen-bond donors (Lipinski definition) is 2. The molecule has 94 valence electrons. The number of nitrogens with two attached hydrogens (primary N) is 1. The molecule has 2 rings (SSSR count). The normalized spacial score (nSPS) is 9.63. The van der Waals surface area contributed by atoms with E-state index in [1.165, 1.54) is 0 Å². The van der Waals surface area contributed by atoms with Gasteiger partial charge < -0.3 is 11.1 Å². The van der Waals surface area contributed by atoms with E-state index < -0.39 is 4.92 Å². The maximum atomic E-state index is 10.9. The van der Waals surface area contributed by atoms with Gasteiger partial charge in [-0.05, 0) is 24.3 Å². The molecule has 19 heavy (non-hydrogen) atoms. The molecule has 0 spiro atoms. The Balaban J connectivity index is 2.35. The van der Waals surface area contributed by atoms with Gasteiger partial charge >= 0.3 is 5.69 Å². The number of nitro groups is 1. The van der Waals surface area contributed by atoms with Crippen LogP contribution in [-0.4, -0.2) is 14.9 Å². The van der Waals surface area contributed by atoms with Gasteiger partial charge in [0.25, 0.3) is 0 Å². The molecule has 0 aliphatic carbocycles. The van der Waals surface area contributed by atoms with Crippen LogP contribution in [0.1, 0.15) is 5.56 Å². The zero-order valence-electron chi connectivity index (χ0n) is 9.57. The Morgan fingerprint density at radius 1 is 1.32 bits per heavy atom. The third-order valence-electron chi connectivity index (χ3n) is 2.31. The summed E-state index contributed by atoms with van der Waals surface area (Å²) in [4.78, 5) is 17.6. The van der Waals surface area contributed by atoms with Gasteiger partial charge in [0.1, 0.15) is 6.33 Å². The molecule has 2 aromatic rings. The van der Waals surface area contributed by atoms with Crippen LogP contribution >= 0.6 is 0 Å². The summed E-state index contributed by atoms with van der Waals surface area (Å²) in [6.07, 6.45) is 1.13. The number of hydrogen-bond acceptors (Lipinski definition) is 7. The number of rotatable bonds is 3. The topological polar surface area (TPSA) is 131 Å². The first kappa shape index (κ1) is 12.3. The third-order valence-corrected chi connectivity index (χ3v) is 2.31. The number of nitriles is 1. The predicted molar refractivity (Wildman–Crippen MR) is 67.5 cm³/mol. The molecule has 0 amide bonds. The van der Waals surface area contributed by atoms with Crippen LogP contribution in [0.4, 0.5) is 23.0 Å². The van der Waals surface area contributed by atoms with Crippen LogP contribution in [-0.2, 0) is 0 Å². The van der Waals surface area contributed by atoms with Crippen molar-refractivity contribution in [3.63, 3.8) is 0 Å². The molecule has 1 heterocycles. The van der Waals surface area contributed by atoms with Crippen LogP contribution in [0, 0.1) is 21.4 Å². The van der Waals surface area contributed by atoms with Crippen molar-refractivity contribution in [2.24, 2.45) is 0 Å². The van der Waals surface area contributed by atoms with E-state index in [0.29, 0.717) is 11.3 Å². The number of nitrogens with zero attached hydrogens (tertiary/aromatic N) is 4. The second-order valence-corrected chi connectivity index (χ2v) is 3.53. The van der Waals surface area contributed by atoms with Gasteiger partial charge in [0.05, 0.1) is 16.6 Å². The van der Waals surface area contributed by atoms with Gasteiger partial charge in [-0.3, -0.25) is 10.1 Å². The molecule has 0 aliphatic heterocycles. The zero-order chi connectivity index (χ0) is 13.8. The summed E-state index contributed by atoms with van der Waals surface area (Å²) in [7, 11) is 0. The standard InChI is InChI=1S/C11H8N6O2/c12-5-7-1-3-8(4-2-7)16-11-9(17(18)19)10(13)14-6-15-11/h1-4,6H,(H3,13,14,15,16). The molecule has 3 N–H and O–H groups in total. The minimum atomic E-state index is -0.651. The summed E-state index contributed by atoms with van der Waals surface area (Å²) in [6.45, 7) is 0. The largest absolute Gasteiger partial charge is 0.378 e. The highest BCUT2D eigenvalue weighted by Gasteiger charge is 2.20. The first-order valence-corrected chi connectivity index (χ1v) is 5.14. The fraction of sp³-hybridized carbons (Fsp3) is 0. The summed E-state index contributed by atoms with van der Waals surface area (Å²) in [5.41, 5.74) is 6.11. The number of aromatic nitrogens is 2. The first-order valence-electron chi connectivity index (χ1n) is 5.14. The van der Waals surface area contributed by atoms with Crippen molar-refractivity contribution in [2.75, 3.05) is 11.1 Å². The Morgan fingerprint density at radius 3 is 2.58 bits per heavy atom. The summed E-state index contributed by atoms with van der Waals surface area (Å²) >= 11 is 0. The summed E-state index contributed by atoms with van der Waals surface area (Å²) < 4.78 is 0. The Kier molecular flexibility index (Phi) is 3.20. The van der Waals surface area contributed by atoms with Gasteiger partial charge in [0, 0.05) is 5.69 Å². The van der Waals surface area contributed by atoms with Crippen molar-refractivity contribution < 1.29 is 4.92 Å². The van der Waals surface area contributed by atoms with Gasteiger partial charge in [-0.15, -0.1) is 0 Å². The maximum absolute atomic E-state index is 10.9. The molecule has 8 heteroatoms. The van der Waals surface area contributed by atoms with Crippen molar-refractivity contribution in [1.29, 1.82) is 5.26 Å². The minimum absolute atomic E-state index is 0.00204. The van der Waals surface area contributed by atoms with Crippen LogP contribution in [0.2, 0.25) is 0 Å². The smallest absolute Gasteiger partial charge is 0.353 e. The van der Waals surface area contributed by atoms with Gasteiger partial charge in [0.15, 0.2) is 0 Å². The average Bonchev–Trinajstić information content (AvgIpc) is 2.39. The van der Waals surface area contributed by atoms with E-state index in [4.69, 9.17) is 11.0 Å². The van der Waals surface area contributed by atoms with E-state index in [9.17, 15) is 10.1 Å². The molecular formula is C11H8N6O2. The quantitative estimate of drug-likeness (QED) is 0.629. The molecule has 0 saturated carbocycles. The molecule has 1 aromatic carbocycles. The fourth-order valence-electron chi connectivity index (χ4n) is 1.43. The lowest BCUT2D eigenvalue weighted by atomic mass is 10.2. The Hall–Kier alpha value is -3.21. The molecule has 0 bridgehead atoms. The van der Waals surface area contributed by atoms with Crippen molar-refractivity contribution >= 4 is 23.0 Å². The highest BCUT2D eigenvalue weighted by molar-refractivity contribution is 5.72. The van der Waals surface area contributed by atoms with Gasteiger partial charge in [-0.25, -0.2) is 9.97 Å². The maximum Gasteiger partial charge on any atom is 0.353 e. The molecule has 8 nitrogen and oxygen atoms in total. The second-order valence-electron chi connectivity index (χ2n) is 3.53. The lowest BCUT2D eigenvalue weighted by Crippen LogP contribution is -2.04. The molecule has 0 saturated heterocycles. The van der Waals surface area contributed by atoms with Crippen LogP contribution in [0.3, 0.4) is 0 Å². The van der Waals surface area contributed by atoms with E-state index in [1.807, 2.05) is 6.07 Å². The van der Waals surface area contributed by atoms with Crippen molar-refractivity contribution in [3.8, 4) is 6.07 Å². The van der Waals surface area contributed by atoms with Gasteiger partial charge in [-0.2, -0.15) is 5.26 Å². The van der Waals surface area contributed by atoms with Crippen molar-refractivity contribution in [1.82, 2.24) is 9.97 Å². The van der Waals surface area contributed by atoms with Crippen LogP contribution < -0.4 is 11.1 Å². The summed E-state index contributed by atoms with van der Waals surface area (Å²) in [5, 5.41) is 22.3. The predicted octanol–water partition coefficient (Wildman–Crippen LogP) is 1.58. The van der Waals surface area contributed by atoms with E-state index in [-0.39, 0.29) is 17.3 Å². The molecule has 1 aromatic heterocycles. The van der Waals surface area contributed by atoms with Gasteiger partial charge in [-0.1, -0.05) is 0 Å². The Morgan fingerprint density at radius 2 is 2.00 bits per heavy atom. The van der Waals surface area contributed by atoms with E-state index >= 15 is 0 Å². The number of anilines is 3. The van der Waals surface area contributed by atoms with Crippen LogP contribution in [0.25, 0.3) is 0 Å². The lowest BCUT2D eigenvalue weighted by Gasteiger charge is -2.06. The number of nitrogen functional groups attached to an aromatic ring is 1. The lowest BCUT2D eigenvalue weighted by molar-refractivity contribution is -0.383. The summed E-state index contributed by atoms with van der Waals surface area (Å²) in [5.74, 6) is -0.210. The van der Waals surface area contributed by atoms with E-state index in [0.717, 1.165) is 6.33 Å². The zero-order valence-corrected chi connectivity index (χ0v) is 9.57. The second kappa shape index (κ2) is 4.97. The first-order chi connectivity index (χ1) is 9.11. The number of benzene rings is 1. The van der Waals surface area contributed by atoms with Crippen molar-refractivity contribution in [2.45, 2.75) is 0 Å². The van der Waals surface area contributed by atoms with Gasteiger partial charge in [0.2, 0.25) is 11.6 Å². The molecule has 0 radical (unpaired) electrons.